The highest BCUT2D eigenvalue weighted by Gasteiger charge is 2.24. The Morgan fingerprint density at radius 1 is 1.05 bits per heavy atom. The Bertz CT molecular complexity index is 624. The molecule has 1 amide bonds. The van der Waals surface area contributed by atoms with Crippen LogP contribution in [0.25, 0.3) is 0 Å². The van der Waals surface area contributed by atoms with E-state index in [1.807, 2.05) is 41.3 Å². The first-order valence-corrected chi connectivity index (χ1v) is 7.39. The van der Waals surface area contributed by atoms with Crippen LogP contribution in [-0.4, -0.2) is 23.4 Å². The number of nitrogens with zero attached hydrogens (tertiary/aromatic N) is 1. The van der Waals surface area contributed by atoms with Gasteiger partial charge in [0, 0.05) is 13.1 Å². The van der Waals surface area contributed by atoms with Crippen LogP contribution >= 0.6 is 0 Å². The molecular formula is C18H20N2O. The van der Waals surface area contributed by atoms with Crippen molar-refractivity contribution in [1.82, 2.24) is 4.90 Å². The van der Waals surface area contributed by atoms with Crippen molar-refractivity contribution in [3.63, 3.8) is 0 Å². The van der Waals surface area contributed by atoms with Gasteiger partial charge >= 0.3 is 0 Å². The molecule has 0 aromatic heterocycles. The summed E-state index contributed by atoms with van der Waals surface area (Å²) < 4.78 is 0. The molecule has 2 N–H and O–H groups in total. The van der Waals surface area contributed by atoms with Gasteiger partial charge < -0.3 is 10.6 Å². The second kappa shape index (κ2) is 6.10. The van der Waals surface area contributed by atoms with Crippen LogP contribution in [0, 0.1) is 0 Å². The molecule has 0 radical (unpaired) electrons. The van der Waals surface area contributed by atoms with E-state index in [4.69, 9.17) is 5.73 Å². The van der Waals surface area contributed by atoms with Gasteiger partial charge in [0.25, 0.3) is 0 Å². The SMILES string of the molecule is N[C@H](Cc1ccccc1)C(=O)N1CCc2ccccc2C1. The minimum absolute atomic E-state index is 0.0494. The summed E-state index contributed by atoms with van der Waals surface area (Å²) in [6.07, 6.45) is 1.51. The number of fused-ring (bicyclic) bond motifs is 1. The second-order valence-corrected chi connectivity index (χ2v) is 5.57. The van der Waals surface area contributed by atoms with Crippen LogP contribution in [0.2, 0.25) is 0 Å². The number of hydrogen-bond acceptors (Lipinski definition) is 2. The van der Waals surface area contributed by atoms with Crippen molar-refractivity contribution >= 4 is 5.91 Å². The average molecular weight is 280 g/mol. The van der Waals surface area contributed by atoms with Gasteiger partial charge in [-0.2, -0.15) is 0 Å². The molecule has 3 heteroatoms. The zero-order chi connectivity index (χ0) is 14.7. The number of hydrogen-bond donors (Lipinski definition) is 1. The van der Waals surface area contributed by atoms with Crippen LogP contribution < -0.4 is 5.73 Å². The fourth-order valence-corrected chi connectivity index (χ4v) is 2.87. The summed E-state index contributed by atoms with van der Waals surface area (Å²) in [7, 11) is 0. The predicted octanol–water partition coefficient (Wildman–Crippen LogP) is 2.14. The van der Waals surface area contributed by atoms with E-state index < -0.39 is 6.04 Å². The number of rotatable bonds is 3. The van der Waals surface area contributed by atoms with Crippen LogP contribution in [0.3, 0.4) is 0 Å². The van der Waals surface area contributed by atoms with Crippen LogP contribution in [0.5, 0.6) is 0 Å². The molecule has 3 nitrogen and oxygen atoms in total. The van der Waals surface area contributed by atoms with Gasteiger partial charge in [-0.1, -0.05) is 54.6 Å². The van der Waals surface area contributed by atoms with E-state index in [0.717, 1.165) is 18.5 Å². The molecule has 108 valence electrons. The molecule has 1 aliphatic heterocycles. The van der Waals surface area contributed by atoms with E-state index in [1.54, 1.807) is 0 Å². The second-order valence-electron chi connectivity index (χ2n) is 5.57. The van der Waals surface area contributed by atoms with E-state index in [0.29, 0.717) is 13.0 Å². The minimum atomic E-state index is -0.460. The van der Waals surface area contributed by atoms with E-state index in [1.165, 1.54) is 11.1 Å². The normalized spacial score (nSPS) is 15.4. The Morgan fingerprint density at radius 3 is 2.48 bits per heavy atom. The number of carbonyl (C=O) groups excluding carboxylic acids is 1. The predicted molar refractivity (Wildman–Crippen MR) is 83.7 cm³/mol. The van der Waals surface area contributed by atoms with E-state index in [9.17, 15) is 4.79 Å². The van der Waals surface area contributed by atoms with Crippen molar-refractivity contribution in [2.75, 3.05) is 6.54 Å². The minimum Gasteiger partial charge on any atom is -0.337 e. The zero-order valence-electron chi connectivity index (χ0n) is 12.0. The number of nitrogens with two attached hydrogens (primary N) is 1. The molecule has 3 rings (SSSR count). The number of carbonyl (C=O) groups is 1. The Hall–Kier alpha value is -2.13. The first kappa shape index (κ1) is 13.8. The summed E-state index contributed by atoms with van der Waals surface area (Å²) in [4.78, 5) is 14.4. The Morgan fingerprint density at radius 2 is 1.71 bits per heavy atom. The molecular weight excluding hydrogens is 260 g/mol. The lowest BCUT2D eigenvalue weighted by Crippen LogP contribution is -2.46. The third-order valence-electron chi connectivity index (χ3n) is 4.06. The van der Waals surface area contributed by atoms with Gasteiger partial charge in [0.05, 0.1) is 6.04 Å². The van der Waals surface area contributed by atoms with Crippen molar-refractivity contribution in [2.24, 2.45) is 5.73 Å². The van der Waals surface area contributed by atoms with Gasteiger partial charge in [-0.15, -0.1) is 0 Å². The Balaban J connectivity index is 1.66. The summed E-state index contributed by atoms with van der Waals surface area (Å²) in [6, 6.07) is 17.8. The first-order chi connectivity index (χ1) is 10.2. The van der Waals surface area contributed by atoms with E-state index in [2.05, 4.69) is 18.2 Å². The molecule has 1 heterocycles. The maximum Gasteiger partial charge on any atom is 0.240 e. The lowest BCUT2D eigenvalue weighted by atomic mass is 9.98. The molecule has 1 atom stereocenters. The molecule has 0 saturated carbocycles. The van der Waals surface area contributed by atoms with Crippen LogP contribution in [0.4, 0.5) is 0 Å². The van der Waals surface area contributed by atoms with E-state index >= 15 is 0 Å². The van der Waals surface area contributed by atoms with Crippen molar-refractivity contribution in [3.05, 3.63) is 71.3 Å². The van der Waals surface area contributed by atoms with Gasteiger partial charge in [-0.05, 0) is 29.5 Å². The van der Waals surface area contributed by atoms with E-state index in [-0.39, 0.29) is 5.91 Å². The molecule has 0 bridgehead atoms. The summed E-state index contributed by atoms with van der Waals surface area (Å²) in [5, 5.41) is 0. The zero-order valence-corrected chi connectivity index (χ0v) is 12.0. The molecule has 0 spiro atoms. The van der Waals surface area contributed by atoms with Gasteiger partial charge in [0.2, 0.25) is 5.91 Å². The maximum atomic E-state index is 12.5. The smallest absolute Gasteiger partial charge is 0.240 e. The van der Waals surface area contributed by atoms with Gasteiger partial charge in [-0.3, -0.25) is 4.79 Å². The highest BCUT2D eigenvalue weighted by molar-refractivity contribution is 5.82. The number of amides is 1. The summed E-state index contributed by atoms with van der Waals surface area (Å²) in [5.74, 6) is 0.0494. The molecule has 0 aliphatic carbocycles. The third-order valence-corrected chi connectivity index (χ3v) is 4.06. The largest absolute Gasteiger partial charge is 0.337 e. The Kier molecular flexibility index (Phi) is 4.02. The van der Waals surface area contributed by atoms with Gasteiger partial charge in [0.15, 0.2) is 0 Å². The van der Waals surface area contributed by atoms with Crippen LogP contribution in [0.15, 0.2) is 54.6 Å². The standard InChI is InChI=1S/C18H20N2O/c19-17(12-14-6-2-1-3-7-14)18(21)20-11-10-15-8-4-5-9-16(15)13-20/h1-9,17H,10-13,19H2/t17-/m1/s1. The van der Waals surface area contributed by atoms with Gasteiger partial charge in [0.1, 0.15) is 0 Å². The lowest BCUT2D eigenvalue weighted by molar-refractivity contribution is -0.133. The van der Waals surface area contributed by atoms with Crippen molar-refractivity contribution in [3.8, 4) is 0 Å². The highest BCUT2D eigenvalue weighted by Crippen LogP contribution is 2.19. The van der Waals surface area contributed by atoms with Crippen molar-refractivity contribution in [1.29, 1.82) is 0 Å². The molecule has 0 fully saturated rings. The molecule has 1 aliphatic rings. The molecule has 2 aromatic rings. The summed E-state index contributed by atoms with van der Waals surface area (Å²) >= 11 is 0. The Labute approximate surface area is 125 Å². The van der Waals surface area contributed by atoms with Crippen LogP contribution in [0.1, 0.15) is 16.7 Å². The number of benzene rings is 2. The quantitative estimate of drug-likeness (QED) is 0.936. The summed E-state index contributed by atoms with van der Waals surface area (Å²) in [5.41, 5.74) is 9.80. The lowest BCUT2D eigenvalue weighted by Gasteiger charge is -2.30. The fourth-order valence-electron chi connectivity index (χ4n) is 2.87. The monoisotopic (exact) mass is 280 g/mol. The third kappa shape index (κ3) is 3.14. The summed E-state index contributed by atoms with van der Waals surface area (Å²) in [6.45, 7) is 1.44. The topological polar surface area (TPSA) is 46.3 Å². The molecule has 0 saturated heterocycles. The molecule has 0 unspecified atom stereocenters. The van der Waals surface area contributed by atoms with Gasteiger partial charge in [-0.25, -0.2) is 0 Å². The van der Waals surface area contributed by atoms with Crippen molar-refractivity contribution < 1.29 is 4.79 Å². The first-order valence-electron chi connectivity index (χ1n) is 7.39. The van der Waals surface area contributed by atoms with Crippen molar-refractivity contribution in [2.45, 2.75) is 25.4 Å². The van der Waals surface area contributed by atoms with Crippen LogP contribution in [-0.2, 0) is 24.2 Å². The molecule has 21 heavy (non-hydrogen) atoms. The maximum absolute atomic E-state index is 12.5. The average Bonchev–Trinajstić information content (AvgIpc) is 2.54. The highest BCUT2D eigenvalue weighted by atomic mass is 16.2. The molecule has 2 aromatic carbocycles. The fraction of sp³-hybridized carbons (Fsp3) is 0.278.